The van der Waals surface area contributed by atoms with Gasteiger partial charge in [0.25, 0.3) is 0 Å². The average Bonchev–Trinajstić information content (AvgIpc) is 3.13. The van der Waals surface area contributed by atoms with Crippen molar-refractivity contribution in [3.63, 3.8) is 0 Å². The molecule has 3 heterocycles. The van der Waals surface area contributed by atoms with Crippen molar-refractivity contribution in [2.75, 3.05) is 20.2 Å². The van der Waals surface area contributed by atoms with E-state index in [1.807, 2.05) is 12.1 Å². The van der Waals surface area contributed by atoms with Crippen LogP contribution < -0.4 is 9.47 Å². The highest BCUT2D eigenvalue weighted by Crippen LogP contribution is 2.36. The zero-order valence-electron chi connectivity index (χ0n) is 20.0. The maximum Gasteiger partial charge on any atom is 0.123 e. The van der Waals surface area contributed by atoms with Gasteiger partial charge < -0.3 is 9.47 Å². The number of nitrogens with zero attached hydrogens (tertiary/aromatic N) is 2. The summed E-state index contributed by atoms with van der Waals surface area (Å²) in [5.74, 6) is 2.46. The highest BCUT2D eigenvalue weighted by atomic mass is 16.5. The summed E-state index contributed by atoms with van der Waals surface area (Å²) in [7, 11) is 1.71. The van der Waals surface area contributed by atoms with Gasteiger partial charge in [-0.05, 0) is 86.2 Å². The van der Waals surface area contributed by atoms with Crippen LogP contribution in [0.4, 0.5) is 0 Å². The number of hydrogen-bond donors (Lipinski definition) is 0. The van der Waals surface area contributed by atoms with E-state index in [1.54, 1.807) is 7.11 Å². The van der Waals surface area contributed by atoms with Crippen LogP contribution in [-0.4, -0.2) is 35.7 Å². The Balaban J connectivity index is 1.21. The maximum atomic E-state index is 6.04. The standard InChI is InChI=1S/C29H34N2O2/c1-29(2)17-25-15-23(10-12-28(25)33-29)19-31-13-5-7-24(20-31)27-11-9-22(18-30-27)14-21-6-4-8-26(16-21)32-3/h4,6,8-12,15-16,18,24H,5,7,13-14,17,19-20H2,1-3H3. The summed E-state index contributed by atoms with van der Waals surface area (Å²) >= 11 is 0. The quantitative estimate of drug-likeness (QED) is 0.485. The summed E-state index contributed by atoms with van der Waals surface area (Å²) in [5, 5.41) is 0. The van der Waals surface area contributed by atoms with Crippen molar-refractivity contribution in [1.82, 2.24) is 9.88 Å². The predicted molar refractivity (Wildman–Crippen MR) is 132 cm³/mol. The Hall–Kier alpha value is -2.85. The highest BCUT2D eigenvalue weighted by molar-refractivity contribution is 5.42. The van der Waals surface area contributed by atoms with Crippen LogP contribution in [0.2, 0.25) is 0 Å². The molecule has 5 rings (SSSR count). The van der Waals surface area contributed by atoms with Gasteiger partial charge in [0.05, 0.1) is 7.11 Å². The molecule has 0 saturated carbocycles. The molecule has 2 aliphatic heterocycles. The van der Waals surface area contributed by atoms with E-state index in [1.165, 1.54) is 40.8 Å². The molecule has 1 saturated heterocycles. The minimum atomic E-state index is -0.0818. The number of aromatic nitrogens is 1. The van der Waals surface area contributed by atoms with Gasteiger partial charge >= 0.3 is 0 Å². The summed E-state index contributed by atoms with van der Waals surface area (Å²) in [4.78, 5) is 7.46. The van der Waals surface area contributed by atoms with Gasteiger partial charge in [0.1, 0.15) is 17.1 Å². The fourth-order valence-electron chi connectivity index (χ4n) is 5.26. The van der Waals surface area contributed by atoms with E-state index in [9.17, 15) is 0 Å². The van der Waals surface area contributed by atoms with Gasteiger partial charge in [-0.15, -0.1) is 0 Å². The number of likely N-dealkylation sites (tertiary alicyclic amines) is 1. The van der Waals surface area contributed by atoms with Crippen LogP contribution in [0.1, 0.15) is 60.6 Å². The number of benzene rings is 2. The molecule has 172 valence electrons. The Bertz CT molecular complexity index is 1110. The van der Waals surface area contributed by atoms with Gasteiger partial charge in [0, 0.05) is 37.3 Å². The van der Waals surface area contributed by atoms with E-state index in [0.717, 1.165) is 44.0 Å². The van der Waals surface area contributed by atoms with E-state index in [4.69, 9.17) is 14.5 Å². The SMILES string of the molecule is COc1cccc(Cc2ccc(C3CCCN(Cc4ccc5c(c4)CC(C)(C)O5)C3)nc2)c1. The Morgan fingerprint density at radius 2 is 1.94 bits per heavy atom. The number of ether oxygens (including phenoxy) is 2. The minimum absolute atomic E-state index is 0.0818. The minimum Gasteiger partial charge on any atom is -0.497 e. The lowest BCUT2D eigenvalue weighted by molar-refractivity contribution is 0.138. The summed E-state index contributed by atoms with van der Waals surface area (Å²) < 4.78 is 11.4. The van der Waals surface area contributed by atoms with Crippen molar-refractivity contribution in [3.05, 3.63) is 88.7 Å². The summed E-state index contributed by atoms with van der Waals surface area (Å²) in [6.07, 6.45) is 6.35. The number of fused-ring (bicyclic) bond motifs is 1. The number of rotatable bonds is 6. The van der Waals surface area contributed by atoms with Gasteiger partial charge in [-0.25, -0.2) is 0 Å². The number of piperidine rings is 1. The Kier molecular flexibility index (Phi) is 6.11. The van der Waals surface area contributed by atoms with Crippen LogP contribution in [0.15, 0.2) is 60.8 Å². The van der Waals surface area contributed by atoms with Crippen molar-refractivity contribution >= 4 is 0 Å². The fourth-order valence-corrected chi connectivity index (χ4v) is 5.26. The summed E-state index contributed by atoms with van der Waals surface area (Å²) in [5.41, 5.74) is 6.36. The molecule has 0 amide bonds. The van der Waals surface area contributed by atoms with Crippen molar-refractivity contribution in [3.8, 4) is 11.5 Å². The van der Waals surface area contributed by atoms with Crippen molar-refractivity contribution < 1.29 is 9.47 Å². The normalized spacial score (nSPS) is 19.7. The molecule has 1 aromatic heterocycles. The molecule has 0 aliphatic carbocycles. The first-order valence-corrected chi connectivity index (χ1v) is 12.1. The molecule has 1 unspecified atom stereocenters. The molecule has 2 aliphatic rings. The van der Waals surface area contributed by atoms with Crippen LogP contribution >= 0.6 is 0 Å². The van der Waals surface area contributed by atoms with Gasteiger partial charge in [-0.1, -0.05) is 30.3 Å². The van der Waals surface area contributed by atoms with Crippen molar-refractivity contribution in [1.29, 1.82) is 0 Å². The largest absolute Gasteiger partial charge is 0.497 e. The third-order valence-electron chi connectivity index (χ3n) is 6.85. The lowest BCUT2D eigenvalue weighted by Gasteiger charge is -2.32. The second kappa shape index (κ2) is 9.18. The third kappa shape index (κ3) is 5.22. The molecule has 0 spiro atoms. The molecule has 4 heteroatoms. The van der Waals surface area contributed by atoms with Gasteiger partial charge in [0.2, 0.25) is 0 Å². The number of hydrogen-bond acceptors (Lipinski definition) is 4. The van der Waals surface area contributed by atoms with Gasteiger partial charge in [-0.2, -0.15) is 0 Å². The van der Waals surface area contributed by atoms with Crippen LogP contribution in [-0.2, 0) is 19.4 Å². The molecule has 2 aromatic carbocycles. The van der Waals surface area contributed by atoms with Crippen LogP contribution in [0.25, 0.3) is 0 Å². The maximum absolute atomic E-state index is 6.04. The second-order valence-electron chi connectivity index (χ2n) is 10.2. The topological polar surface area (TPSA) is 34.6 Å². The first-order chi connectivity index (χ1) is 16.0. The Morgan fingerprint density at radius 3 is 2.76 bits per heavy atom. The van der Waals surface area contributed by atoms with Crippen molar-refractivity contribution in [2.24, 2.45) is 0 Å². The fraction of sp³-hybridized carbons (Fsp3) is 0.414. The smallest absolute Gasteiger partial charge is 0.123 e. The van der Waals surface area contributed by atoms with Crippen LogP contribution in [0.3, 0.4) is 0 Å². The zero-order chi connectivity index (χ0) is 22.8. The summed E-state index contributed by atoms with van der Waals surface area (Å²) in [6, 6.07) is 19.5. The molecular weight excluding hydrogens is 408 g/mol. The molecule has 0 radical (unpaired) electrons. The predicted octanol–water partition coefficient (Wildman–Crippen LogP) is 5.77. The van der Waals surface area contributed by atoms with Gasteiger partial charge in [0.15, 0.2) is 0 Å². The molecule has 33 heavy (non-hydrogen) atoms. The van der Waals surface area contributed by atoms with Gasteiger partial charge in [-0.3, -0.25) is 9.88 Å². The van der Waals surface area contributed by atoms with E-state index < -0.39 is 0 Å². The zero-order valence-corrected chi connectivity index (χ0v) is 20.0. The Labute approximate surface area is 197 Å². The van der Waals surface area contributed by atoms with E-state index in [2.05, 4.69) is 67.4 Å². The Morgan fingerprint density at radius 1 is 1.06 bits per heavy atom. The number of pyridine rings is 1. The molecule has 4 nitrogen and oxygen atoms in total. The third-order valence-corrected chi connectivity index (χ3v) is 6.85. The highest BCUT2D eigenvalue weighted by Gasteiger charge is 2.30. The number of methoxy groups -OCH3 is 1. The van der Waals surface area contributed by atoms with Crippen LogP contribution in [0, 0.1) is 0 Å². The van der Waals surface area contributed by atoms with Crippen molar-refractivity contribution in [2.45, 2.75) is 57.6 Å². The first-order valence-electron chi connectivity index (χ1n) is 12.1. The molecule has 0 bridgehead atoms. The first kappa shape index (κ1) is 22.0. The molecule has 0 N–H and O–H groups in total. The van der Waals surface area contributed by atoms with E-state index in [0.29, 0.717) is 5.92 Å². The molecule has 1 fully saturated rings. The molecule has 3 aromatic rings. The second-order valence-corrected chi connectivity index (χ2v) is 10.2. The van der Waals surface area contributed by atoms with Crippen LogP contribution in [0.5, 0.6) is 11.5 Å². The average molecular weight is 443 g/mol. The van der Waals surface area contributed by atoms with E-state index >= 15 is 0 Å². The monoisotopic (exact) mass is 442 g/mol. The molecule has 1 atom stereocenters. The lowest BCUT2D eigenvalue weighted by Crippen LogP contribution is -2.34. The lowest BCUT2D eigenvalue weighted by atomic mass is 9.93. The van der Waals surface area contributed by atoms with E-state index in [-0.39, 0.29) is 5.60 Å². The summed E-state index contributed by atoms with van der Waals surface area (Å²) in [6.45, 7) is 7.55. The molecular formula is C29H34N2O2.